The van der Waals surface area contributed by atoms with E-state index in [4.69, 9.17) is 9.84 Å². The zero-order chi connectivity index (χ0) is 6.69. The van der Waals surface area contributed by atoms with Crippen LogP contribution in [0, 0.1) is 0 Å². The molecule has 1 aliphatic heterocycles. The van der Waals surface area contributed by atoms with Crippen molar-refractivity contribution >= 4 is 11.8 Å². The molecule has 1 rings (SSSR count). The van der Waals surface area contributed by atoms with Crippen LogP contribution in [0.5, 0.6) is 0 Å². The van der Waals surface area contributed by atoms with Crippen molar-refractivity contribution in [2.45, 2.75) is 6.10 Å². The fraction of sp³-hybridized carbons (Fsp3) is 0.667. The first kappa shape index (κ1) is 6.96. The first-order valence-electron chi connectivity index (χ1n) is 2.83. The van der Waals surface area contributed by atoms with Crippen LogP contribution >= 0.6 is 11.8 Å². The van der Waals surface area contributed by atoms with E-state index in [9.17, 15) is 0 Å². The molecule has 1 N–H and O–H groups in total. The highest BCUT2D eigenvalue weighted by molar-refractivity contribution is 7.99. The molecule has 0 spiro atoms. The maximum atomic E-state index is 9.03. The number of hydrogen-bond acceptors (Lipinski definition) is 3. The van der Waals surface area contributed by atoms with Crippen LogP contribution in [0.2, 0.25) is 0 Å². The Morgan fingerprint density at radius 1 is 1.89 bits per heavy atom. The lowest BCUT2D eigenvalue weighted by atomic mass is 10.3. The Hall–Kier alpha value is -0.150. The zero-order valence-electron chi connectivity index (χ0n) is 5.33. The summed E-state index contributed by atoms with van der Waals surface area (Å²) < 4.78 is 4.94. The van der Waals surface area contributed by atoms with Gasteiger partial charge in [-0.05, 0) is 6.08 Å². The molecule has 0 radical (unpaired) electrons. The normalized spacial score (nSPS) is 27.3. The molecule has 0 bridgehead atoms. The number of hydrogen-bond donors (Lipinski definition) is 1. The number of aliphatic hydroxyl groups excluding tert-OH is 1. The molecule has 52 valence electrons. The van der Waals surface area contributed by atoms with E-state index in [-0.39, 0.29) is 6.10 Å². The van der Waals surface area contributed by atoms with Gasteiger partial charge in [0.25, 0.3) is 0 Å². The monoisotopic (exact) mass is 146 g/mol. The maximum absolute atomic E-state index is 9.03. The number of rotatable bonds is 1. The highest BCUT2D eigenvalue weighted by Gasteiger charge is 2.10. The van der Waals surface area contributed by atoms with Gasteiger partial charge in [-0.1, -0.05) is 0 Å². The van der Waals surface area contributed by atoms with Crippen molar-refractivity contribution in [3.05, 3.63) is 11.8 Å². The zero-order valence-corrected chi connectivity index (χ0v) is 6.15. The highest BCUT2D eigenvalue weighted by atomic mass is 32.2. The van der Waals surface area contributed by atoms with Crippen molar-refractivity contribution in [1.29, 1.82) is 0 Å². The van der Waals surface area contributed by atoms with Crippen molar-refractivity contribution in [3.63, 3.8) is 0 Å². The van der Waals surface area contributed by atoms with Gasteiger partial charge in [-0.25, -0.2) is 0 Å². The molecule has 0 unspecified atom stereocenters. The minimum absolute atomic E-state index is 0.307. The Balaban J connectivity index is 2.49. The Kier molecular flexibility index (Phi) is 2.42. The molecule has 9 heavy (non-hydrogen) atoms. The summed E-state index contributed by atoms with van der Waals surface area (Å²) in [5, 5.41) is 9.03. The molecule has 0 aromatic carbocycles. The van der Waals surface area contributed by atoms with Gasteiger partial charge in [-0.3, -0.25) is 0 Å². The smallest absolute Gasteiger partial charge is 0.104 e. The number of aliphatic hydroxyl groups is 1. The van der Waals surface area contributed by atoms with Crippen molar-refractivity contribution in [3.8, 4) is 0 Å². The second kappa shape index (κ2) is 3.13. The molecule has 2 nitrogen and oxygen atoms in total. The summed E-state index contributed by atoms with van der Waals surface area (Å²) in [5.74, 6) is 2.58. The molecule has 1 aliphatic rings. The highest BCUT2D eigenvalue weighted by Crippen LogP contribution is 2.16. The van der Waals surface area contributed by atoms with E-state index in [1.165, 1.54) is 0 Å². The molecule has 0 saturated carbocycles. The number of thioether (sulfide) groups is 1. The average Bonchev–Trinajstić information content (AvgIpc) is 1.88. The third kappa shape index (κ3) is 1.91. The lowest BCUT2D eigenvalue weighted by Crippen LogP contribution is -2.13. The predicted octanol–water partition coefficient (Wildman–Crippen LogP) is 0.624. The Morgan fingerprint density at radius 3 is 3.11 bits per heavy atom. The first-order valence-corrected chi connectivity index (χ1v) is 3.99. The molecular formula is C6H10O2S. The average molecular weight is 146 g/mol. The van der Waals surface area contributed by atoms with Crippen LogP contribution in [0.1, 0.15) is 0 Å². The quantitative estimate of drug-likeness (QED) is 0.588. The van der Waals surface area contributed by atoms with Crippen LogP contribution in [0.4, 0.5) is 0 Å². The standard InChI is InChI=1S/C6H10O2S/c1-8-6-2-5(7)3-9-4-6/h2,5,7H,3-4H2,1H3/t5-/m0/s1. The van der Waals surface area contributed by atoms with Gasteiger partial charge in [0, 0.05) is 5.75 Å². The van der Waals surface area contributed by atoms with Crippen LogP contribution in [0.3, 0.4) is 0 Å². The van der Waals surface area contributed by atoms with Gasteiger partial charge in [0.1, 0.15) is 5.76 Å². The molecule has 1 heterocycles. The van der Waals surface area contributed by atoms with Gasteiger partial charge in [0.2, 0.25) is 0 Å². The van der Waals surface area contributed by atoms with Gasteiger partial charge in [0.05, 0.1) is 19.0 Å². The fourth-order valence-electron chi connectivity index (χ4n) is 0.718. The lowest BCUT2D eigenvalue weighted by molar-refractivity contribution is 0.228. The second-order valence-electron chi connectivity index (χ2n) is 1.92. The number of ether oxygens (including phenoxy) is 1. The largest absolute Gasteiger partial charge is 0.500 e. The van der Waals surface area contributed by atoms with E-state index < -0.39 is 0 Å². The summed E-state index contributed by atoms with van der Waals surface area (Å²) in [6, 6.07) is 0. The molecular weight excluding hydrogens is 136 g/mol. The van der Waals surface area contributed by atoms with Crippen molar-refractivity contribution in [2.24, 2.45) is 0 Å². The summed E-state index contributed by atoms with van der Waals surface area (Å²) in [5.41, 5.74) is 0. The molecule has 0 amide bonds. The van der Waals surface area contributed by atoms with Gasteiger partial charge in [-0.15, -0.1) is 0 Å². The van der Waals surface area contributed by atoms with Crippen molar-refractivity contribution in [1.82, 2.24) is 0 Å². The summed E-state index contributed by atoms with van der Waals surface area (Å²) in [4.78, 5) is 0. The van der Waals surface area contributed by atoms with Gasteiger partial charge >= 0.3 is 0 Å². The summed E-state index contributed by atoms with van der Waals surface area (Å²) in [6.07, 6.45) is 1.45. The summed E-state index contributed by atoms with van der Waals surface area (Å²) in [6.45, 7) is 0. The Bertz CT molecular complexity index is 122. The molecule has 0 aromatic rings. The second-order valence-corrected chi connectivity index (χ2v) is 2.95. The number of methoxy groups -OCH3 is 1. The van der Waals surface area contributed by atoms with Crippen LogP contribution < -0.4 is 0 Å². The fourth-order valence-corrected chi connectivity index (χ4v) is 1.59. The third-order valence-electron chi connectivity index (χ3n) is 1.17. The van der Waals surface area contributed by atoms with Crippen molar-refractivity contribution < 1.29 is 9.84 Å². The molecule has 3 heteroatoms. The van der Waals surface area contributed by atoms with E-state index in [0.29, 0.717) is 0 Å². The van der Waals surface area contributed by atoms with Gasteiger partial charge in [0.15, 0.2) is 0 Å². The summed E-state index contributed by atoms with van der Waals surface area (Å²) >= 11 is 1.69. The molecule has 0 saturated heterocycles. The Labute approximate surface area is 58.9 Å². The van der Waals surface area contributed by atoms with E-state index >= 15 is 0 Å². The Morgan fingerprint density at radius 2 is 2.67 bits per heavy atom. The molecule has 0 aliphatic carbocycles. The van der Waals surface area contributed by atoms with E-state index in [1.54, 1.807) is 24.9 Å². The minimum atomic E-state index is -0.307. The molecule has 1 atom stereocenters. The van der Waals surface area contributed by atoms with E-state index in [1.807, 2.05) is 0 Å². The van der Waals surface area contributed by atoms with Crippen LogP contribution in [-0.4, -0.2) is 29.8 Å². The SMILES string of the molecule is COC1=C[C@H](O)CSC1. The maximum Gasteiger partial charge on any atom is 0.104 e. The van der Waals surface area contributed by atoms with E-state index in [2.05, 4.69) is 0 Å². The summed E-state index contributed by atoms with van der Waals surface area (Å²) in [7, 11) is 1.63. The van der Waals surface area contributed by atoms with Crippen LogP contribution in [0.25, 0.3) is 0 Å². The topological polar surface area (TPSA) is 29.5 Å². The lowest BCUT2D eigenvalue weighted by Gasteiger charge is -2.14. The first-order chi connectivity index (χ1) is 4.33. The van der Waals surface area contributed by atoms with Crippen molar-refractivity contribution in [2.75, 3.05) is 18.6 Å². The van der Waals surface area contributed by atoms with Gasteiger partial charge < -0.3 is 9.84 Å². The van der Waals surface area contributed by atoms with Gasteiger partial charge in [-0.2, -0.15) is 11.8 Å². The predicted molar refractivity (Wildman–Crippen MR) is 38.4 cm³/mol. The molecule has 0 aromatic heterocycles. The van der Waals surface area contributed by atoms with Crippen LogP contribution in [0.15, 0.2) is 11.8 Å². The van der Waals surface area contributed by atoms with Crippen LogP contribution in [-0.2, 0) is 4.74 Å². The molecule has 0 fully saturated rings. The minimum Gasteiger partial charge on any atom is -0.500 e. The van der Waals surface area contributed by atoms with E-state index in [0.717, 1.165) is 17.3 Å². The third-order valence-corrected chi connectivity index (χ3v) is 2.24.